The Balaban J connectivity index is 1.61. The Hall–Kier alpha value is -4.26. The molecule has 0 aliphatic carbocycles. The highest BCUT2D eigenvalue weighted by atomic mass is 16.5. The summed E-state index contributed by atoms with van der Waals surface area (Å²) in [7, 11) is 3.22. The molecule has 0 fully saturated rings. The third-order valence-electron chi connectivity index (χ3n) is 4.99. The van der Waals surface area contributed by atoms with E-state index in [0.29, 0.717) is 23.2 Å². The first-order chi connectivity index (χ1) is 15.2. The van der Waals surface area contributed by atoms with E-state index in [9.17, 15) is 0 Å². The summed E-state index contributed by atoms with van der Waals surface area (Å²) in [6, 6.07) is 23.1. The molecule has 0 spiro atoms. The maximum absolute atomic E-state index is 6.15. The van der Waals surface area contributed by atoms with Gasteiger partial charge in [-0.3, -0.25) is 0 Å². The molecule has 0 bridgehead atoms. The first-order valence-electron chi connectivity index (χ1n) is 9.75. The summed E-state index contributed by atoms with van der Waals surface area (Å²) in [5, 5.41) is 6.22. The van der Waals surface area contributed by atoms with Crippen LogP contribution in [0.2, 0.25) is 0 Å². The van der Waals surface area contributed by atoms with E-state index in [0.717, 1.165) is 32.9 Å². The first kappa shape index (κ1) is 18.7. The van der Waals surface area contributed by atoms with Gasteiger partial charge in [0.05, 0.1) is 30.6 Å². The number of nitrogens with one attached hydrogen (secondary N) is 2. The van der Waals surface area contributed by atoms with Crippen LogP contribution in [0.4, 0.5) is 5.95 Å². The summed E-state index contributed by atoms with van der Waals surface area (Å²) in [6.45, 7) is 0. The fraction of sp³-hybridized carbons (Fsp3) is 0.0833. The van der Waals surface area contributed by atoms with Crippen LogP contribution >= 0.6 is 0 Å². The van der Waals surface area contributed by atoms with Gasteiger partial charge in [0.2, 0.25) is 5.95 Å². The molecule has 7 heteroatoms. The zero-order valence-electron chi connectivity index (χ0n) is 17.0. The molecule has 0 aliphatic heterocycles. The maximum atomic E-state index is 6.15. The van der Waals surface area contributed by atoms with Gasteiger partial charge in [-0.1, -0.05) is 24.3 Å². The van der Waals surface area contributed by atoms with Gasteiger partial charge in [0.15, 0.2) is 11.5 Å². The predicted octanol–water partition coefficient (Wildman–Crippen LogP) is 4.92. The number of aromatic nitrogens is 2. The number of hydrogen-bond acceptors (Lipinski definition) is 6. The Morgan fingerprint density at radius 1 is 0.903 bits per heavy atom. The van der Waals surface area contributed by atoms with E-state index in [1.165, 1.54) is 0 Å². The van der Waals surface area contributed by atoms with Crippen molar-refractivity contribution in [3.8, 4) is 22.8 Å². The van der Waals surface area contributed by atoms with Crippen LogP contribution in [0.3, 0.4) is 0 Å². The van der Waals surface area contributed by atoms with Gasteiger partial charge >= 0.3 is 0 Å². The number of methoxy groups -OCH3 is 2. The van der Waals surface area contributed by atoms with Crippen molar-refractivity contribution in [1.29, 1.82) is 0 Å². The maximum Gasteiger partial charge on any atom is 0.222 e. The van der Waals surface area contributed by atoms with E-state index in [1.807, 2.05) is 72.8 Å². The molecule has 2 heterocycles. The van der Waals surface area contributed by atoms with Crippen molar-refractivity contribution >= 4 is 28.0 Å². The summed E-state index contributed by atoms with van der Waals surface area (Å²) < 4.78 is 16.9. The lowest BCUT2D eigenvalue weighted by atomic mass is 10.1. The highest BCUT2D eigenvalue weighted by Crippen LogP contribution is 2.32. The average molecular weight is 412 g/mol. The highest BCUT2D eigenvalue weighted by Gasteiger charge is 2.10. The van der Waals surface area contributed by atoms with Gasteiger partial charge in [0, 0.05) is 17.0 Å². The molecule has 5 rings (SSSR count). The third kappa shape index (κ3) is 3.57. The number of nitrogens with zero attached hydrogens (tertiary/aromatic N) is 2. The zero-order chi connectivity index (χ0) is 21.2. The molecule has 7 nitrogen and oxygen atoms in total. The Bertz CT molecular complexity index is 1420. The standard InChI is InChI=1S/C24H20N4O3/c1-29-21-12-11-15(13-23(21)30-2)22-14-19(16-7-3-6-10-20(16)31-22)27-28-24-25-17-8-4-5-9-18(17)26-24/h3-14H,1-2H3,(H2,25,26,28). The Morgan fingerprint density at radius 2 is 1.71 bits per heavy atom. The van der Waals surface area contributed by atoms with Crippen LogP contribution in [0, 0.1) is 0 Å². The van der Waals surface area contributed by atoms with E-state index in [4.69, 9.17) is 13.9 Å². The number of hydrogen-bond donors (Lipinski definition) is 2. The Morgan fingerprint density at radius 3 is 2.55 bits per heavy atom. The van der Waals surface area contributed by atoms with Crippen LogP contribution in [-0.4, -0.2) is 24.2 Å². The van der Waals surface area contributed by atoms with E-state index >= 15 is 0 Å². The van der Waals surface area contributed by atoms with Crippen LogP contribution in [-0.2, 0) is 0 Å². The number of H-pyrrole nitrogens is 1. The summed E-state index contributed by atoms with van der Waals surface area (Å²) in [4.78, 5) is 7.73. The topological polar surface area (TPSA) is 84.7 Å². The molecule has 0 atom stereocenters. The van der Waals surface area contributed by atoms with Crippen LogP contribution < -0.4 is 20.3 Å². The van der Waals surface area contributed by atoms with Crippen LogP contribution in [0.5, 0.6) is 11.5 Å². The molecular formula is C24H20N4O3. The van der Waals surface area contributed by atoms with Crippen LogP contribution in [0.25, 0.3) is 33.3 Å². The number of aromatic amines is 1. The molecule has 0 saturated heterocycles. The second-order valence-electron chi connectivity index (χ2n) is 6.89. The number of anilines is 1. The number of fused-ring (bicyclic) bond motifs is 2. The number of imidazole rings is 1. The zero-order valence-corrected chi connectivity index (χ0v) is 17.0. The lowest BCUT2D eigenvalue weighted by molar-refractivity contribution is 0.355. The van der Waals surface area contributed by atoms with E-state index < -0.39 is 0 Å². The normalized spacial score (nSPS) is 11.7. The molecule has 2 N–H and O–H groups in total. The van der Waals surface area contributed by atoms with Crippen molar-refractivity contribution in [2.45, 2.75) is 0 Å². The lowest BCUT2D eigenvalue weighted by Gasteiger charge is -2.10. The fourth-order valence-corrected chi connectivity index (χ4v) is 3.46. The van der Waals surface area contributed by atoms with Crippen molar-refractivity contribution in [3.05, 3.63) is 78.2 Å². The van der Waals surface area contributed by atoms with Gasteiger partial charge in [-0.2, -0.15) is 5.10 Å². The highest BCUT2D eigenvalue weighted by molar-refractivity contribution is 5.79. The average Bonchev–Trinajstić information content (AvgIpc) is 3.25. The monoisotopic (exact) mass is 412 g/mol. The Labute approximate surface area is 178 Å². The minimum atomic E-state index is 0.568. The van der Waals surface area contributed by atoms with Crippen LogP contribution in [0.15, 0.2) is 82.3 Å². The van der Waals surface area contributed by atoms with Gasteiger partial charge in [-0.15, -0.1) is 0 Å². The molecule has 2 aromatic heterocycles. The van der Waals surface area contributed by atoms with Crippen molar-refractivity contribution in [3.63, 3.8) is 0 Å². The largest absolute Gasteiger partial charge is 0.493 e. The smallest absolute Gasteiger partial charge is 0.222 e. The van der Waals surface area contributed by atoms with Gasteiger partial charge in [0.1, 0.15) is 11.3 Å². The van der Waals surface area contributed by atoms with Crippen molar-refractivity contribution in [2.24, 2.45) is 5.10 Å². The van der Waals surface area contributed by atoms with Gasteiger partial charge < -0.3 is 18.9 Å². The molecule has 0 unspecified atom stereocenters. The molecule has 3 aromatic carbocycles. The first-order valence-corrected chi connectivity index (χ1v) is 9.75. The summed E-state index contributed by atoms with van der Waals surface area (Å²) in [5.41, 5.74) is 6.42. The van der Waals surface area contributed by atoms with Crippen molar-refractivity contribution in [1.82, 2.24) is 9.97 Å². The van der Waals surface area contributed by atoms with Crippen molar-refractivity contribution < 1.29 is 13.9 Å². The van der Waals surface area contributed by atoms with Gasteiger partial charge in [-0.25, -0.2) is 10.4 Å². The van der Waals surface area contributed by atoms with Crippen molar-refractivity contribution in [2.75, 3.05) is 19.6 Å². The fourth-order valence-electron chi connectivity index (χ4n) is 3.46. The lowest BCUT2D eigenvalue weighted by Crippen LogP contribution is -2.08. The van der Waals surface area contributed by atoms with E-state index in [1.54, 1.807) is 14.2 Å². The second-order valence-corrected chi connectivity index (χ2v) is 6.89. The number of rotatable bonds is 5. The molecular weight excluding hydrogens is 392 g/mol. The summed E-state index contributed by atoms with van der Waals surface area (Å²) in [6.07, 6.45) is 0. The predicted molar refractivity (Wildman–Crippen MR) is 120 cm³/mol. The second kappa shape index (κ2) is 7.87. The number of para-hydroxylation sites is 3. The molecule has 31 heavy (non-hydrogen) atoms. The van der Waals surface area contributed by atoms with E-state index in [2.05, 4.69) is 20.5 Å². The molecule has 0 aliphatic rings. The molecule has 0 amide bonds. The molecule has 0 saturated carbocycles. The third-order valence-corrected chi connectivity index (χ3v) is 4.99. The molecule has 5 aromatic rings. The Kier molecular flexibility index (Phi) is 4.76. The SMILES string of the molecule is COc1ccc(-c2cc(=NNc3nc4ccccc4[nH]3)c3ccccc3o2)cc1OC. The van der Waals surface area contributed by atoms with E-state index in [-0.39, 0.29) is 0 Å². The minimum absolute atomic E-state index is 0.568. The molecule has 0 radical (unpaired) electrons. The minimum Gasteiger partial charge on any atom is -0.493 e. The molecule has 154 valence electrons. The van der Waals surface area contributed by atoms with Gasteiger partial charge in [-0.05, 0) is 42.5 Å². The number of ether oxygens (including phenoxy) is 2. The van der Waals surface area contributed by atoms with Gasteiger partial charge in [0.25, 0.3) is 0 Å². The van der Waals surface area contributed by atoms with Crippen LogP contribution in [0.1, 0.15) is 0 Å². The quantitative estimate of drug-likeness (QED) is 0.400. The summed E-state index contributed by atoms with van der Waals surface area (Å²) in [5.74, 6) is 2.51. The summed E-state index contributed by atoms with van der Waals surface area (Å²) >= 11 is 0. The number of benzene rings is 3.